The van der Waals surface area contributed by atoms with Gasteiger partial charge in [0, 0.05) is 21.2 Å². The molecule has 0 saturated heterocycles. The molecule has 134 valence electrons. The van der Waals surface area contributed by atoms with E-state index in [1.54, 1.807) is 36.4 Å². The topological polar surface area (TPSA) is 62.0 Å². The first-order chi connectivity index (χ1) is 13.1. The smallest absolute Gasteiger partial charge is 0.213 e. The second-order valence-corrected chi connectivity index (χ2v) is 7.35. The summed E-state index contributed by atoms with van der Waals surface area (Å²) in [5.74, 6) is -0.175. The molecular weight excluding hydrogens is 472 g/mol. The summed E-state index contributed by atoms with van der Waals surface area (Å²) < 4.78 is 1.31. The maximum absolute atomic E-state index is 12.9. The van der Waals surface area contributed by atoms with Crippen molar-refractivity contribution in [3.05, 3.63) is 98.4 Å². The van der Waals surface area contributed by atoms with Gasteiger partial charge in [0.1, 0.15) is 11.5 Å². The second kappa shape index (κ2) is 8.88. The highest BCUT2D eigenvalue weighted by Gasteiger charge is 2.16. The van der Waals surface area contributed by atoms with Crippen molar-refractivity contribution >= 4 is 49.6 Å². The number of nitrogens with zero attached hydrogens (tertiary/aromatic N) is 2. The van der Waals surface area contributed by atoms with E-state index in [0.29, 0.717) is 21.2 Å². The van der Waals surface area contributed by atoms with Crippen molar-refractivity contribution in [3.8, 4) is 5.75 Å². The van der Waals surface area contributed by atoms with Crippen LogP contribution in [0.5, 0.6) is 5.75 Å². The van der Waals surface area contributed by atoms with E-state index in [1.165, 1.54) is 6.21 Å². The molecule has 0 aliphatic rings. The van der Waals surface area contributed by atoms with Crippen molar-refractivity contribution in [1.82, 2.24) is 0 Å². The Labute approximate surface area is 173 Å². The summed E-state index contributed by atoms with van der Waals surface area (Å²) in [6.07, 6.45) is 1.41. The zero-order valence-corrected chi connectivity index (χ0v) is 17.2. The van der Waals surface area contributed by atoms with E-state index in [-0.39, 0.29) is 17.2 Å². The molecule has 0 aliphatic carbocycles. The van der Waals surface area contributed by atoms with Crippen molar-refractivity contribution in [3.63, 3.8) is 0 Å². The molecule has 3 rings (SSSR count). The van der Waals surface area contributed by atoms with Gasteiger partial charge in [-0.2, -0.15) is 5.10 Å². The lowest BCUT2D eigenvalue weighted by Crippen LogP contribution is -2.15. The van der Waals surface area contributed by atoms with Gasteiger partial charge in [-0.1, -0.05) is 76.6 Å². The summed E-state index contributed by atoms with van der Waals surface area (Å²) in [4.78, 5) is 12.9. The molecule has 3 aromatic carbocycles. The lowest BCUT2D eigenvalue weighted by atomic mass is 10.0. The molecule has 0 heterocycles. The molecule has 0 fully saturated rings. The summed E-state index contributed by atoms with van der Waals surface area (Å²) in [7, 11) is 0. The predicted octanol–water partition coefficient (Wildman–Crippen LogP) is 5.62. The number of ketones is 1. The van der Waals surface area contributed by atoms with Crippen LogP contribution in [0.3, 0.4) is 0 Å². The van der Waals surface area contributed by atoms with Crippen LogP contribution >= 0.6 is 31.9 Å². The van der Waals surface area contributed by atoms with Crippen LogP contribution in [0.4, 0.5) is 0 Å². The van der Waals surface area contributed by atoms with Gasteiger partial charge in [0.15, 0.2) is 0 Å². The molecule has 0 amide bonds. The zero-order valence-electron chi connectivity index (χ0n) is 14.0. The molecule has 3 aromatic rings. The molecule has 0 unspecified atom stereocenters. The minimum absolute atomic E-state index is 0.0489. The molecule has 27 heavy (non-hydrogen) atoms. The average molecular weight is 486 g/mol. The van der Waals surface area contributed by atoms with Gasteiger partial charge in [0.25, 0.3) is 0 Å². The van der Waals surface area contributed by atoms with Gasteiger partial charge in [-0.15, -0.1) is 5.10 Å². The number of hydrogen-bond acceptors (Lipinski definition) is 4. The Hall–Kier alpha value is -2.57. The fourth-order valence-electron chi connectivity index (χ4n) is 2.39. The molecule has 0 atom stereocenters. The normalized spacial score (nSPS) is 11.7. The van der Waals surface area contributed by atoms with Crippen molar-refractivity contribution < 1.29 is 9.90 Å². The first-order valence-corrected chi connectivity index (χ1v) is 9.59. The number of halogens is 2. The van der Waals surface area contributed by atoms with E-state index in [4.69, 9.17) is 0 Å². The van der Waals surface area contributed by atoms with Crippen LogP contribution in [0.2, 0.25) is 0 Å². The zero-order chi connectivity index (χ0) is 19.2. The Morgan fingerprint density at radius 1 is 0.889 bits per heavy atom. The fourth-order valence-corrected chi connectivity index (χ4v) is 3.65. The SMILES string of the molecule is O=C(C(=NN=Cc1cc(Br)cc(Br)c1O)c1ccccc1)c1ccccc1. The maximum Gasteiger partial charge on any atom is 0.213 e. The largest absolute Gasteiger partial charge is 0.506 e. The summed E-state index contributed by atoms with van der Waals surface area (Å²) in [5.41, 5.74) is 1.90. The molecule has 0 bridgehead atoms. The van der Waals surface area contributed by atoms with Crippen LogP contribution in [-0.4, -0.2) is 22.8 Å². The third-order valence-electron chi connectivity index (χ3n) is 3.71. The Kier molecular flexibility index (Phi) is 6.32. The van der Waals surface area contributed by atoms with E-state index in [9.17, 15) is 9.90 Å². The summed E-state index contributed by atoms with van der Waals surface area (Å²) in [6, 6.07) is 21.5. The number of benzene rings is 3. The van der Waals surface area contributed by atoms with E-state index in [1.807, 2.05) is 36.4 Å². The predicted molar refractivity (Wildman–Crippen MR) is 115 cm³/mol. The molecular formula is C21H14Br2N2O2. The highest BCUT2D eigenvalue weighted by Crippen LogP contribution is 2.30. The third kappa shape index (κ3) is 4.78. The minimum Gasteiger partial charge on any atom is -0.506 e. The van der Waals surface area contributed by atoms with E-state index in [2.05, 4.69) is 42.1 Å². The third-order valence-corrected chi connectivity index (χ3v) is 4.77. The minimum atomic E-state index is -0.224. The van der Waals surface area contributed by atoms with Gasteiger partial charge in [-0.25, -0.2) is 0 Å². The quantitative estimate of drug-likeness (QED) is 0.289. The van der Waals surface area contributed by atoms with Crippen molar-refractivity contribution in [1.29, 1.82) is 0 Å². The Morgan fingerprint density at radius 3 is 2.11 bits per heavy atom. The molecule has 1 N–H and O–H groups in total. The monoisotopic (exact) mass is 484 g/mol. The van der Waals surface area contributed by atoms with Crippen LogP contribution in [0.15, 0.2) is 91.9 Å². The Balaban J connectivity index is 2.00. The summed E-state index contributed by atoms with van der Waals surface area (Å²) >= 11 is 6.64. The Bertz CT molecular complexity index is 1020. The maximum atomic E-state index is 12.9. The molecule has 0 saturated carbocycles. The molecule has 6 heteroatoms. The number of phenols is 1. The number of aromatic hydroxyl groups is 1. The van der Waals surface area contributed by atoms with Gasteiger partial charge in [-0.05, 0) is 28.1 Å². The molecule has 0 radical (unpaired) electrons. The number of carbonyl (C=O) groups excluding carboxylic acids is 1. The Morgan fingerprint density at radius 2 is 1.48 bits per heavy atom. The summed E-state index contributed by atoms with van der Waals surface area (Å²) in [6.45, 7) is 0. The number of Topliss-reactive ketones (excluding diaryl/α,β-unsaturated/α-hetero) is 1. The first-order valence-electron chi connectivity index (χ1n) is 8.00. The van der Waals surface area contributed by atoms with Crippen molar-refractivity contribution in [2.24, 2.45) is 10.2 Å². The number of hydrogen-bond donors (Lipinski definition) is 1. The molecule has 0 aromatic heterocycles. The first kappa shape index (κ1) is 19.2. The van der Waals surface area contributed by atoms with Gasteiger partial charge in [0.2, 0.25) is 5.78 Å². The lowest BCUT2D eigenvalue weighted by Gasteiger charge is -2.05. The van der Waals surface area contributed by atoms with Crippen molar-refractivity contribution in [2.75, 3.05) is 0 Å². The van der Waals surface area contributed by atoms with Crippen LogP contribution in [0, 0.1) is 0 Å². The van der Waals surface area contributed by atoms with Gasteiger partial charge >= 0.3 is 0 Å². The van der Waals surface area contributed by atoms with Crippen LogP contribution < -0.4 is 0 Å². The highest BCUT2D eigenvalue weighted by molar-refractivity contribution is 9.11. The molecule has 0 spiro atoms. The van der Waals surface area contributed by atoms with E-state index >= 15 is 0 Å². The van der Waals surface area contributed by atoms with Crippen LogP contribution in [-0.2, 0) is 0 Å². The van der Waals surface area contributed by atoms with E-state index in [0.717, 1.165) is 4.47 Å². The fraction of sp³-hybridized carbons (Fsp3) is 0. The number of rotatable bonds is 5. The van der Waals surface area contributed by atoms with Crippen LogP contribution in [0.1, 0.15) is 21.5 Å². The van der Waals surface area contributed by atoms with Gasteiger partial charge in [-0.3, -0.25) is 4.79 Å². The van der Waals surface area contributed by atoms with Gasteiger partial charge < -0.3 is 5.11 Å². The average Bonchev–Trinajstić information content (AvgIpc) is 2.69. The summed E-state index contributed by atoms with van der Waals surface area (Å²) in [5, 5.41) is 18.3. The highest BCUT2D eigenvalue weighted by atomic mass is 79.9. The molecule has 4 nitrogen and oxygen atoms in total. The van der Waals surface area contributed by atoms with Crippen LogP contribution in [0.25, 0.3) is 0 Å². The van der Waals surface area contributed by atoms with E-state index < -0.39 is 0 Å². The molecule has 0 aliphatic heterocycles. The second-order valence-electron chi connectivity index (χ2n) is 5.58. The number of carbonyl (C=O) groups is 1. The van der Waals surface area contributed by atoms with Gasteiger partial charge in [0.05, 0.1) is 10.7 Å². The lowest BCUT2D eigenvalue weighted by molar-refractivity contribution is 0.106. The standard InChI is InChI=1S/C21H14Br2N2O2/c22-17-11-16(20(26)18(23)12-17)13-24-25-19(14-7-3-1-4-8-14)21(27)15-9-5-2-6-10-15/h1-13,26H. The number of phenolic OH excluding ortho intramolecular Hbond substituents is 1. The van der Waals surface area contributed by atoms with Crippen molar-refractivity contribution in [2.45, 2.75) is 0 Å².